The molecule has 6 heteroatoms. The molecule has 1 aromatic rings. The van der Waals surface area contributed by atoms with Gasteiger partial charge in [-0.3, -0.25) is 0 Å². The highest BCUT2D eigenvalue weighted by molar-refractivity contribution is 9.10. The Bertz CT molecular complexity index is 459. The number of nitrogens with one attached hydrogen (secondary N) is 1. The van der Waals surface area contributed by atoms with Crippen LogP contribution in [0.4, 0.5) is 0 Å². The molecule has 0 aromatic heterocycles. The Balaban J connectivity index is 2.47. The molecule has 0 bridgehead atoms. The molecule has 0 aliphatic rings. The van der Waals surface area contributed by atoms with E-state index in [1.165, 1.54) is 0 Å². The van der Waals surface area contributed by atoms with Crippen molar-refractivity contribution in [1.82, 2.24) is 4.72 Å². The van der Waals surface area contributed by atoms with E-state index in [0.29, 0.717) is 12.8 Å². The molecule has 102 valence electrons. The van der Waals surface area contributed by atoms with Gasteiger partial charge in [0.15, 0.2) is 0 Å². The van der Waals surface area contributed by atoms with Crippen molar-refractivity contribution in [3.63, 3.8) is 0 Å². The number of sulfonamides is 1. The van der Waals surface area contributed by atoms with E-state index in [1.807, 2.05) is 19.1 Å². The van der Waals surface area contributed by atoms with Gasteiger partial charge in [0.2, 0.25) is 10.0 Å². The van der Waals surface area contributed by atoms with Crippen LogP contribution < -0.4 is 4.72 Å². The molecule has 4 nitrogen and oxygen atoms in total. The Labute approximate surface area is 117 Å². The van der Waals surface area contributed by atoms with Crippen molar-refractivity contribution < 1.29 is 13.5 Å². The fourth-order valence-corrected chi connectivity index (χ4v) is 2.86. The quantitative estimate of drug-likeness (QED) is 0.801. The summed E-state index contributed by atoms with van der Waals surface area (Å²) in [5, 5.41) is 9.33. The molecule has 2 N–H and O–H groups in total. The number of hydrogen-bond acceptors (Lipinski definition) is 3. The standard InChI is InChI=1S/C12H18BrNO3S/c1-2-12(15)7-8-14-18(16,17)9-10-3-5-11(13)6-4-10/h3-6,12,14-15H,2,7-9H2,1H3. The highest BCUT2D eigenvalue weighted by Crippen LogP contribution is 2.12. The minimum atomic E-state index is -3.33. The van der Waals surface area contributed by atoms with Crippen LogP contribution in [-0.2, 0) is 15.8 Å². The topological polar surface area (TPSA) is 66.4 Å². The maximum absolute atomic E-state index is 11.8. The highest BCUT2D eigenvalue weighted by Gasteiger charge is 2.11. The molecule has 1 rings (SSSR count). The summed E-state index contributed by atoms with van der Waals surface area (Å²) >= 11 is 3.30. The van der Waals surface area contributed by atoms with Crippen LogP contribution >= 0.6 is 15.9 Å². The van der Waals surface area contributed by atoms with Gasteiger partial charge in [0, 0.05) is 11.0 Å². The summed E-state index contributed by atoms with van der Waals surface area (Å²) in [6, 6.07) is 7.16. The molecule has 1 atom stereocenters. The van der Waals surface area contributed by atoms with Gasteiger partial charge >= 0.3 is 0 Å². The SMILES string of the molecule is CCC(O)CCNS(=O)(=O)Cc1ccc(Br)cc1. The fraction of sp³-hybridized carbons (Fsp3) is 0.500. The molecular formula is C12H18BrNO3S. The van der Waals surface area contributed by atoms with Gasteiger partial charge in [0.25, 0.3) is 0 Å². The van der Waals surface area contributed by atoms with Gasteiger partial charge in [0.1, 0.15) is 0 Å². The van der Waals surface area contributed by atoms with Gasteiger partial charge in [-0.1, -0.05) is 35.0 Å². The first-order valence-electron chi connectivity index (χ1n) is 5.83. The van der Waals surface area contributed by atoms with Crippen LogP contribution in [0.25, 0.3) is 0 Å². The Morgan fingerprint density at radius 2 is 1.94 bits per heavy atom. The summed E-state index contributed by atoms with van der Waals surface area (Å²) in [6.45, 7) is 2.13. The average molecular weight is 336 g/mol. The molecule has 0 fully saturated rings. The van der Waals surface area contributed by atoms with Gasteiger partial charge in [0.05, 0.1) is 11.9 Å². The minimum Gasteiger partial charge on any atom is -0.393 e. The molecular weight excluding hydrogens is 318 g/mol. The average Bonchev–Trinajstić information content (AvgIpc) is 2.31. The van der Waals surface area contributed by atoms with E-state index in [2.05, 4.69) is 20.7 Å². The molecule has 0 aliphatic carbocycles. The largest absolute Gasteiger partial charge is 0.393 e. The molecule has 0 amide bonds. The predicted octanol–water partition coefficient (Wildman–Crippen LogP) is 2.03. The normalized spacial score (nSPS) is 13.5. The summed E-state index contributed by atoms with van der Waals surface area (Å²) in [7, 11) is -3.33. The van der Waals surface area contributed by atoms with Crippen molar-refractivity contribution in [3.05, 3.63) is 34.3 Å². The molecule has 0 spiro atoms. The second-order valence-electron chi connectivity index (χ2n) is 4.13. The van der Waals surface area contributed by atoms with E-state index in [0.717, 1.165) is 10.0 Å². The van der Waals surface area contributed by atoms with E-state index in [4.69, 9.17) is 0 Å². The number of aliphatic hydroxyl groups is 1. The molecule has 1 aromatic carbocycles. The maximum Gasteiger partial charge on any atom is 0.215 e. The zero-order valence-electron chi connectivity index (χ0n) is 10.3. The van der Waals surface area contributed by atoms with Gasteiger partial charge in [-0.05, 0) is 30.5 Å². The minimum absolute atomic E-state index is 0.0392. The van der Waals surface area contributed by atoms with Crippen LogP contribution in [0.3, 0.4) is 0 Å². The first kappa shape index (κ1) is 15.6. The van der Waals surface area contributed by atoms with Gasteiger partial charge in [-0.25, -0.2) is 13.1 Å². The lowest BCUT2D eigenvalue weighted by atomic mass is 10.2. The van der Waals surface area contributed by atoms with Crippen molar-refractivity contribution in [2.45, 2.75) is 31.6 Å². The zero-order chi connectivity index (χ0) is 13.6. The lowest BCUT2D eigenvalue weighted by Crippen LogP contribution is -2.28. The molecule has 1 unspecified atom stereocenters. The first-order chi connectivity index (χ1) is 8.43. The molecule has 0 aliphatic heterocycles. The fourth-order valence-electron chi connectivity index (χ4n) is 1.44. The third kappa shape index (κ3) is 5.95. The number of rotatable bonds is 7. The molecule has 0 radical (unpaired) electrons. The molecule has 18 heavy (non-hydrogen) atoms. The van der Waals surface area contributed by atoms with Crippen molar-refractivity contribution in [2.24, 2.45) is 0 Å². The number of benzene rings is 1. The smallest absolute Gasteiger partial charge is 0.215 e. The summed E-state index contributed by atoms with van der Waals surface area (Å²) < 4.78 is 26.9. The molecule has 0 saturated heterocycles. The van der Waals surface area contributed by atoms with E-state index < -0.39 is 16.1 Å². The molecule has 0 heterocycles. The van der Waals surface area contributed by atoms with Gasteiger partial charge < -0.3 is 5.11 Å². The van der Waals surface area contributed by atoms with Gasteiger partial charge in [-0.15, -0.1) is 0 Å². The van der Waals surface area contributed by atoms with Crippen molar-refractivity contribution >= 4 is 26.0 Å². The summed E-state index contributed by atoms with van der Waals surface area (Å²) in [5.41, 5.74) is 0.738. The van der Waals surface area contributed by atoms with Crippen molar-refractivity contribution in [3.8, 4) is 0 Å². The lowest BCUT2D eigenvalue weighted by Gasteiger charge is -2.09. The number of aliphatic hydroxyl groups excluding tert-OH is 1. The van der Waals surface area contributed by atoms with Crippen LogP contribution in [0.5, 0.6) is 0 Å². The predicted molar refractivity (Wildman–Crippen MR) is 75.7 cm³/mol. The van der Waals surface area contributed by atoms with Crippen LogP contribution in [0.1, 0.15) is 25.3 Å². The number of hydrogen-bond donors (Lipinski definition) is 2. The Morgan fingerprint density at radius 3 is 2.50 bits per heavy atom. The van der Waals surface area contributed by atoms with E-state index in [1.54, 1.807) is 12.1 Å². The van der Waals surface area contributed by atoms with E-state index >= 15 is 0 Å². The monoisotopic (exact) mass is 335 g/mol. The highest BCUT2D eigenvalue weighted by atomic mass is 79.9. The Kier molecular flexibility index (Phi) is 6.28. The van der Waals surface area contributed by atoms with E-state index in [-0.39, 0.29) is 12.3 Å². The third-order valence-electron chi connectivity index (χ3n) is 2.54. The summed E-state index contributed by atoms with van der Waals surface area (Å²) in [4.78, 5) is 0. The third-order valence-corrected chi connectivity index (χ3v) is 4.43. The molecule has 0 saturated carbocycles. The summed E-state index contributed by atoms with van der Waals surface area (Å²) in [6.07, 6.45) is 0.630. The second kappa shape index (κ2) is 7.23. The zero-order valence-corrected chi connectivity index (χ0v) is 12.7. The van der Waals surface area contributed by atoms with Gasteiger partial charge in [-0.2, -0.15) is 0 Å². The van der Waals surface area contributed by atoms with Crippen LogP contribution in [0, 0.1) is 0 Å². The summed E-state index contributed by atoms with van der Waals surface area (Å²) in [5.74, 6) is -0.0392. The van der Waals surface area contributed by atoms with E-state index in [9.17, 15) is 13.5 Å². The lowest BCUT2D eigenvalue weighted by molar-refractivity contribution is 0.162. The van der Waals surface area contributed by atoms with Crippen LogP contribution in [0.15, 0.2) is 28.7 Å². The van der Waals surface area contributed by atoms with Crippen LogP contribution in [-0.4, -0.2) is 26.2 Å². The van der Waals surface area contributed by atoms with Crippen molar-refractivity contribution in [1.29, 1.82) is 0 Å². The first-order valence-corrected chi connectivity index (χ1v) is 8.27. The second-order valence-corrected chi connectivity index (χ2v) is 6.85. The maximum atomic E-state index is 11.8. The van der Waals surface area contributed by atoms with Crippen LogP contribution in [0.2, 0.25) is 0 Å². The number of halogens is 1. The Morgan fingerprint density at radius 1 is 1.33 bits per heavy atom. The van der Waals surface area contributed by atoms with Crippen molar-refractivity contribution in [2.75, 3.05) is 6.54 Å². The Hall–Kier alpha value is -0.430.